The van der Waals surface area contributed by atoms with Crippen LogP contribution in [-0.2, 0) is 0 Å². The van der Waals surface area contributed by atoms with Crippen molar-refractivity contribution in [2.45, 2.75) is 0 Å². The summed E-state index contributed by atoms with van der Waals surface area (Å²) in [5, 5.41) is 8.66. The number of hydrogen-bond acceptors (Lipinski definition) is 4. The van der Waals surface area contributed by atoms with Crippen molar-refractivity contribution in [1.29, 1.82) is 0 Å². The van der Waals surface area contributed by atoms with Crippen LogP contribution in [0.3, 0.4) is 0 Å². The summed E-state index contributed by atoms with van der Waals surface area (Å²) in [6.45, 7) is 2.30. The number of thiophene rings is 4. The third-order valence-corrected chi connectivity index (χ3v) is 7.89. The molecule has 126 valence electrons. The van der Waals surface area contributed by atoms with Crippen LogP contribution in [0.25, 0.3) is 41.7 Å². The van der Waals surface area contributed by atoms with Gasteiger partial charge in [0.25, 0.3) is 0 Å². The Morgan fingerprint density at radius 1 is 0.556 bits per heavy atom. The van der Waals surface area contributed by atoms with Gasteiger partial charge in [-0.25, -0.2) is 0 Å². The minimum absolute atomic E-state index is 0. The predicted molar refractivity (Wildman–Crippen MR) is 128 cm³/mol. The first-order valence-electron chi connectivity index (χ1n) is 8.24. The number of hydrogen-bond donors (Lipinski definition) is 0. The molecule has 0 aliphatic rings. The molecule has 0 spiro atoms. The SMILES string of the molecule is [LiH].b1cc(-c2cccs2)c(-c2cccs2)c(-c2cccs2)c1-c1cccs1. The van der Waals surface area contributed by atoms with Gasteiger partial charge in [-0.3, -0.25) is 0 Å². The fourth-order valence-corrected chi connectivity index (χ4v) is 6.33. The van der Waals surface area contributed by atoms with E-state index in [1.54, 1.807) is 0 Å². The van der Waals surface area contributed by atoms with Gasteiger partial charge in [0.15, 0.2) is 0 Å². The second-order valence-electron chi connectivity index (χ2n) is 5.82. The third kappa shape index (κ3) is 3.61. The van der Waals surface area contributed by atoms with Crippen LogP contribution in [0.15, 0.2) is 76.0 Å². The first kappa shape index (κ1) is 19.1. The first-order chi connectivity index (χ1) is 12.9. The molecule has 0 aromatic carbocycles. The summed E-state index contributed by atoms with van der Waals surface area (Å²) >= 11 is 7.25. The van der Waals surface area contributed by atoms with Gasteiger partial charge in [0, 0.05) is 0 Å². The van der Waals surface area contributed by atoms with E-state index < -0.39 is 0 Å². The molecule has 0 bridgehead atoms. The maximum absolute atomic E-state index is 2.30. The predicted octanol–water partition coefficient (Wildman–Crippen LogP) is 7.29. The van der Waals surface area contributed by atoms with Gasteiger partial charge in [-0.1, -0.05) is 0 Å². The molecule has 5 rings (SSSR count). The zero-order valence-electron chi connectivity index (χ0n) is 13.7. The monoisotopic (exact) mass is 412 g/mol. The molecule has 0 radical (unpaired) electrons. The molecule has 0 atom stereocenters. The molecule has 0 fully saturated rings. The minimum atomic E-state index is 0. The summed E-state index contributed by atoms with van der Waals surface area (Å²) in [7, 11) is 0. The van der Waals surface area contributed by atoms with E-state index in [2.05, 4.69) is 82.9 Å². The van der Waals surface area contributed by atoms with Gasteiger partial charge in [0.1, 0.15) is 0 Å². The van der Waals surface area contributed by atoms with E-state index in [0.717, 1.165) is 0 Å². The van der Waals surface area contributed by atoms with Crippen LogP contribution in [0.5, 0.6) is 0 Å². The zero-order valence-corrected chi connectivity index (χ0v) is 17.0. The van der Waals surface area contributed by atoms with Crippen LogP contribution < -0.4 is 0 Å². The van der Waals surface area contributed by atoms with Crippen LogP contribution in [0.2, 0.25) is 0 Å². The van der Waals surface area contributed by atoms with E-state index in [0.29, 0.717) is 0 Å². The molecular formula is C21H14BLiS4. The zero-order chi connectivity index (χ0) is 17.3. The van der Waals surface area contributed by atoms with Gasteiger partial charge in [-0.2, -0.15) is 0 Å². The van der Waals surface area contributed by atoms with Crippen molar-refractivity contribution in [3.05, 3.63) is 76.0 Å². The Kier molecular flexibility index (Phi) is 5.99. The van der Waals surface area contributed by atoms with Crippen LogP contribution in [0.1, 0.15) is 0 Å². The first-order valence-corrected chi connectivity index (χ1v) is 11.8. The molecule has 27 heavy (non-hydrogen) atoms. The van der Waals surface area contributed by atoms with Gasteiger partial charge in [0.05, 0.1) is 0 Å². The second kappa shape index (κ2) is 8.45. The van der Waals surface area contributed by atoms with Crippen molar-refractivity contribution in [1.82, 2.24) is 0 Å². The summed E-state index contributed by atoms with van der Waals surface area (Å²) in [6, 6.07) is 17.5. The van der Waals surface area contributed by atoms with Crippen LogP contribution in [0, 0.1) is 0 Å². The van der Waals surface area contributed by atoms with Crippen LogP contribution in [-0.4, -0.2) is 25.8 Å². The molecule has 5 heterocycles. The Hall–Kier alpha value is -1.19. The van der Waals surface area contributed by atoms with Crippen molar-refractivity contribution < 1.29 is 0 Å². The van der Waals surface area contributed by atoms with E-state index in [1.165, 1.54) is 41.7 Å². The molecular weight excluding hydrogens is 398 g/mol. The van der Waals surface area contributed by atoms with Crippen molar-refractivity contribution in [3.8, 4) is 41.7 Å². The quantitative estimate of drug-likeness (QED) is 0.272. The Morgan fingerprint density at radius 3 is 1.56 bits per heavy atom. The van der Waals surface area contributed by atoms with E-state index in [-0.39, 0.29) is 18.9 Å². The summed E-state index contributed by atoms with van der Waals surface area (Å²) in [5.41, 5.74) is 5.36. The average molecular weight is 412 g/mol. The Morgan fingerprint density at radius 2 is 1.04 bits per heavy atom. The summed E-state index contributed by atoms with van der Waals surface area (Å²) in [6.07, 6.45) is 0. The van der Waals surface area contributed by atoms with E-state index in [4.69, 9.17) is 0 Å². The van der Waals surface area contributed by atoms with Crippen LogP contribution in [0.4, 0.5) is 0 Å². The fraction of sp³-hybridized carbons (Fsp3) is 0. The van der Waals surface area contributed by atoms with Crippen molar-refractivity contribution in [3.63, 3.8) is 0 Å². The van der Waals surface area contributed by atoms with Gasteiger partial charge in [0.2, 0.25) is 0 Å². The van der Waals surface area contributed by atoms with Gasteiger partial charge >= 0.3 is 189 Å². The summed E-state index contributed by atoms with van der Waals surface area (Å²) in [5.74, 6) is 2.30. The molecule has 5 aromatic rings. The molecule has 0 N–H and O–H groups in total. The summed E-state index contributed by atoms with van der Waals surface area (Å²) in [4.78, 5) is 5.30. The van der Waals surface area contributed by atoms with E-state index >= 15 is 0 Å². The molecule has 0 nitrogen and oxygen atoms in total. The Balaban J connectivity index is 0.00000180. The topological polar surface area (TPSA) is 0 Å². The molecule has 0 unspecified atom stereocenters. The van der Waals surface area contributed by atoms with Crippen LogP contribution >= 0.6 is 45.3 Å². The van der Waals surface area contributed by atoms with Crippen molar-refractivity contribution in [2.24, 2.45) is 0 Å². The molecule has 0 amide bonds. The maximum atomic E-state index is 2.30. The molecule has 0 saturated heterocycles. The molecule has 0 aliphatic heterocycles. The molecule has 6 heteroatoms. The third-order valence-electron chi connectivity index (χ3n) is 4.31. The van der Waals surface area contributed by atoms with Crippen molar-refractivity contribution >= 4 is 71.1 Å². The average Bonchev–Trinajstić information content (AvgIpc) is 3.49. The second-order valence-corrected chi connectivity index (χ2v) is 9.61. The molecule has 0 aliphatic carbocycles. The Labute approximate surface area is 187 Å². The van der Waals surface area contributed by atoms with Crippen molar-refractivity contribution in [2.75, 3.05) is 0 Å². The summed E-state index contributed by atoms with van der Waals surface area (Å²) < 4.78 is 0. The van der Waals surface area contributed by atoms with E-state index in [1.807, 2.05) is 45.3 Å². The molecule has 0 saturated carbocycles. The van der Waals surface area contributed by atoms with Gasteiger partial charge in [-0.15, -0.1) is 0 Å². The standard InChI is InChI=1S/C21H13BS4.Li.H/c1-5-15(23-9-1)14-13-22-21(18-8-4-12-26-18)20(17-7-3-11-25-17)19(14)16-6-2-10-24-16;;/h1-13H;;. The Bertz CT molecular complexity index is 1020. The molecule has 5 aromatic heterocycles. The van der Waals surface area contributed by atoms with E-state index in [9.17, 15) is 0 Å². The number of rotatable bonds is 4. The van der Waals surface area contributed by atoms with Gasteiger partial charge < -0.3 is 0 Å². The fourth-order valence-electron chi connectivity index (χ4n) is 3.23. The normalized spacial score (nSPS) is 10.5. The van der Waals surface area contributed by atoms with Gasteiger partial charge in [-0.05, 0) is 0 Å².